The van der Waals surface area contributed by atoms with Gasteiger partial charge in [-0.25, -0.2) is 4.39 Å². The predicted molar refractivity (Wildman–Crippen MR) is 78.7 cm³/mol. The molecule has 0 unspecified atom stereocenters. The smallest absolute Gasteiger partial charge is 0.255 e. The molecule has 0 radical (unpaired) electrons. The molecule has 2 rings (SSSR count). The second-order valence-electron chi connectivity index (χ2n) is 4.43. The molecular weight excluding hydrogens is 269 g/mol. The Bertz CT molecular complexity index is 760. The van der Waals surface area contributed by atoms with Crippen molar-refractivity contribution in [1.29, 1.82) is 0 Å². The standard InChI is InChI=1S/C17H12FNO2/c1-3-12-10-15(7-8-16(12)18)19-17(21)14-6-4-5-13(9-14)11(2)20/h1,4-10H,2H3,(H,19,21). The van der Waals surface area contributed by atoms with Gasteiger partial charge in [-0.05, 0) is 37.3 Å². The van der Waals surface area contributed by atoms with Crippen LogP contribution in [0.15, 0.2) is 42.5 Å². The maximum absolute atomic E-state index is 13.3. The highest BCUT2D eigenvalue weighted by molar-refractivity contribution is 6.06. The highest BCUT2D eigenvalue weighted by Crippen LogP contribution is 2.15. The number of ketones is 1. The Morgan fingerprint density at radius 3 is 2.52 bits per heavy atom. The topological polar surface area (TPSA) is 46.2 Å². The van der Waals surface area contributed by atoms with Gasteiger partial charge in [-0.15, -0.1) is 6.42 Å². The molecule has 0 aromatic heterocycles. The molecule has 2 aromatic carbocycles. The summed E-state index contributed by atoms with van der Waals surface area (Å²) >= 11 is 0. The Labute approximate surface area is 121 Å². The molecule has 0 bridgehead atoms. The van der Waals surface area contributed by atoms with Crippen LogP contribution in [0.25, 0.3) is 0 Å². The van der Waals surface area contributed by atoms with Crippen LogP contribution in [-0.4, -0.2) is 11.7 Å². The first-order valence-corrected chi connectivity index (χ1v) is 6.20. The number of carbonyl (C=O) groups is 2. The van der Waals surface area contributed by atoms with Gasteiger partial charge < -0.3 is 5.32 Å². The summed E-state index contributed by atoms with van der Waals surface area (Å²) in [6, 6.07) is 10.3. The van der Waals surface area contributed by atoms with Gasteiger partial charge in [0.1, 0.15) is 5.82 Å². The summed E-state index contributed by atoms with van der Waals surface area (Å²) in [5, 5.41) is 2.61. The normalized spacial score (nSPS) is 9.76. The van der Waals surface area contributed by atoms with E-state index in [1.807, 2.05) is 0 Å². The summed E-state index contributed by atoms with van der Waals surface area (Å²) in [7, 11) is 0. The maximum Gasteiger partial charge on any atom is 0.255 e. The van der Waals surface area contributed by atoms with Crippen LogP contribution in [0.1, 0.15) is 33.2 Å². The molecule has 0 saturated carbocycles. The van der Waals surface area contributed by atoms with Gasteiger partial charge in [-0.3, -0.25) is 9.59 Å². The van der Waals surface area contributed by atoms with Gasteiger partial charge in [0.05, 0.1) is 5.56 Å². The lowest BCUT2D eigenvalue weighted by atomic mass is 10.1. The molecule has 0 atom stereocenters. The molecule has 3 nitrogen and oxygen atoms in total. The summed E-state index contributed by atoms with van der Waals surface area (Å²) in [6.45, 7) is 1.43. The fourth-order valence-corrected chi connectivity index (χ4v) is 1.80. The summed E-state index contributed by atoms with van der Waals surface area (Å²) in [5.41, 5.74) is 1.26. The van der Waals surface area contributed by atoms with E-state index in [0.29, 0.717) is 16.8 Å². The lowest BCUT2D eigenvalue weighted by Crippen LogP contribution is -2.12. The van der Waals surface area contributed by atoms with E-state index in [1.165, 1.54) is 31.2 Å². The molecule has 0 spiro atoms. The van der Waals surface area contributed by atoms with Crippen LogP contribution < -0.4 is 5.32 Å². The first kappa shape index (κ1) is 14.5. The Morgan fingerprint density at radius 1 is 1.14 bits per heavy atom. The van der Waals surface area contributed by atoms with E-state index in [4.69, 9.17) is 6.42 Å². The van der Waals surface area contributed by atoms with Gasteiger partial charge in [0.2, 0.25) is 0 Å². The van der Waals surface area contributed by atoms with Crippen molar-refractivity contribution < 1.29 is 14.0 Å². The average molecular weight is 281 g/mol. The van der Waals surface area contributed by atoms with Gasteiger partial charge in [0.15, 0.2) is 5.78 Å². The first-order chi connectivity index (χ1) is 10.0. The molecule has 1 amide bonds. The lowest BCUT2D eigenvalue weighted by Gasteiger charge is -2.07. The van der Waals surface area contributed by atoms with Crippen molar-refractivity contribution >= 4 is 17.4 Å². The summed E-state index contributed by atoms with van der Waals surface area (Å²) in [6.07, 6.45) is 5.17. The third kappa shape index (κ3) is 3.34. The second kappa shape index (κ2) is 6.02. The maximum atomic E-state index is 13.3. The molecule has 1 N–H and O–H groups in total. The molecule has 0 aliphatic rings. The van der Waals surface area contributed by atoms with Crippen molar-refractivity contribution in [3.05, 3.63) is 65.0 Å². The quantitative estimate of drug-likeness (QED) is 0.693. The van der Waals surface area contributed by atoms with E-state index in [0.717, 1.165) is 0 Å². The molecular formula is C17H12FNO2. The van der Waals surface area contributed by atoms with Crippen LogP contribution in [0.2, 0.25) is 0 Å². The largest absolute Gasteiger partial charge is 0.322 e. The number of benzene rings is 2. The Morgan fingerprint density at radius 2 is 1.86 bits per heavy atom. The molecule has 0 fully saturated rings. The number of nitrogens with one attached hydrogen (secondary N) is 1. The van der Waals surface area contributed by atoms with Crippen molar-refractivity contribution in [2.45, 2.75) is 6.92 Å². The number of Topliss-reactive ketones (excluding diaryl/α,β-unsaturated/α-hetero) is 1. The first-order valence-electron chi connectivity index (χ1n) is 6.20. The minimum Gasteiger partial charge on any atom is -0.322 e. The zero-order chi connectivity index (χ0) is 15.4. The van der Waals surface area contributed by atoms with Crippen molar-refractivity contribution in [2.24, 2.45) is 0 Å². The number of rotatable bonds is 3. The molecule has 4 heteroatoms. The van der Waals surface area contributed by atoms with Gasteiger partial charge in [0.25, 0.3) is 5.91 Å². The number of hydrogen-bond donors (Lipinski definition) is 1. The third-order valence-corrected chi connectivity index (χ3v) is 2.91. The Balaban J connectivity index is 2.24. The van der Waals surface area contributed by atoms with Crippen molar-refractivity contribution in [1.82, 2.24) is 0 Å². The highest BCUT2D eigenvalue weighted by Gasteiger charge is 2.09. The van der Waals surface area contributed by atoms with Crippen LogP contribution in [0.5, 0.6) is 0 Å². The van der Waals surface area contributed by atoms with Gasteiger partial charge in [-0.2, -0.15) is 0 Å². The molecule has 0 aliphatic heterocycles. The van der Waals surface area contributed by atoms with Gasteiger partial charge >= 0.3 is 0 Å². The van der Waals surface area contributed by atoms with Crippen LogP contribution in [0.3, 0.4) is 0 Å². The fraction of sp³-hybridized carbons (Fsp3) is 0.0588. The summed E-state index contributed by atoms with van der Waals surface area (Å²) in [4.78, 5) is 23.4. The number of anilines is 1. The SMILES string of the molecule is C#Cc1cc(NC(=O)c2cccc(C(C)=O)c2)ccc1F. The molecule has 0 aliphatic carbocycles. The van der Waals surface area contributed by atoms with Crippen LogP contribution in [-0.2, 0) is 0 Å². The molecule has 104 valence electrons. The Hall–Kier alpha value is -2.93. The number of halogens is 1. The molecule has 0 saturated heterocycles. The minimum atomic E-state index is -0.519. The van der Waals surface area contributed by atoms with Gasteiger partial charge in [0, 0.05) is 16.8 Å². The van der Waals surface area contributed by atoms with Crippen LogP contribution in [0, 0.1) is 18.2 Å². The number of amides is 1. The van der Waals surface area contributed by atoms with E-state index in [9.17, 15) is 14.0 Å². The van der Waals surface area contributed by atoms with E-state index < -0.39 is 11.7 Å². The van der Waals surface area contributed by atoms with E-state index in [-0.39, 0.29) is 11.3 Å². The second-order valence-corrected chi connectivity index (χ2v) is 4.43. The zero-order valence-corrected chi connectivity index (χ0v) is 11.3. The van der Waals surface area contributed by atoms with Crippen molar-refractivity contribution in [2.75, 3.05) is 5.32 Å². The van der Waals surface area contributed by atoms with Crippen LogP contribution >= 0.6 is 0 Å². The van der Waals surface area contributed by atoms with E-state index >= 15 is 0 Å². The predicted octanol–water partition coefficient (Wildman–Crippen LogP) is 3.26. The number of hydrogen-bond acceptors (Lipinski definition) is 2. The summed E-state index contributed by atoms with van der Waals surface area (Å²) < 4.78 is 13.3. The third-order valence-electron chi connectivity index (χ3n) is 2.91. The zero-order valence-electron chi connectivity index (χ0n) is 11.3. The fourth-order valence-electron chi connectivity index (χ4n) is 1.80. The van der Waals surface area contributed by atoms with Crippen molar-refractivity contribution in [3.63, 3.8) is 0 Å². The van der Waals surface area contributed by atoms with Crippen LogP contribution in [0.4, 0.5) is 10.1 Å². The monoisotopic (exact) mass is 281 g/mol. The average Bonchev–Trinajstić information content (AvgIpc) is 2.49. The lowest BCUT2D eigenvalue weighted by molar-refractivity contribution is 0.101. The highest BCUT2D eigenvalue weighted by atomic mass is 19.1. The molecule has 0 heterocycles. The number of terminal acetylenes is 1. The minimum absolute atomic E-state index is 0.0743. The number of carbonyl (C=O) groups excluding carboxylic acids is 2. The van der Waals surface area contributed by atoms with Gasteiger partial charge in [-0.1, -0.05) is 18.1 Å². The Kier molecular flexibility index (Phi) is 4.15. The molecule has 21 heavy (non-hydrogen) atoms. The van der Waals surface area contributed by atoms with E-state index in [2.05, 4.69) is 11.2 Å². The van der Waals surface area contributed by atoms with E-state index in [1.54, 1.807) is 18.2 Å². The summed E-state index contributed by atoms with van der Waals surface area (Å²) in [5.74, 6) is 1.16. The van der Waals surface area contributed by atoms with Crippen molar-refractivity contribution in [3.8, 4) is 12.3 Å². The molecule has 2 aromatic rings.